The highest BCUT2D eigenvalue weighted by Gasteiger charge is 2.38. The molecule has 2 aromatic heterocycles. The van der Waals surface area contributed by atoms with Gasteiger partial charge in [0.1, 0.15) is 5.56 Å². The van der Waals surface area contributed by atoms with Gasteiger partial charge in [0.2, 0.25) is 0 Å². The number of halogens is 4. The van der Waals surface area contributed by atoms with Crippen molar-refractivity contribution in [2.75, 3.05) is 11.6 Å². The third-order valence-corrected chi connectivity index (χ3v) is 6.30. The first-order chi connectivity index (χ1) is 16.3. The van der Waals surface area contributed by atoms with Crippen molar-refractivity contribution in [2.24, 2.45) is 0 Å². The number of nitrogens with one attached hydrogen (secondary N) is 2. The predicted octanol–water partition coefficient (Wildman–Crippen LogP) is 4.69. The molecule has 0 aliphatic heterocycles. The standard InChI is InChI=1S/C21H18F4N6O3S/c1-10-16(18(32)27-12-4-3-5-13(8-12)35(2,26)33)20(31-29-17(10)21(23,24)25)34-19-14(22)9-15(28-30-19)11-6-7-11/h3-5,8-9,11,26H,6-7H2,1-2H3,(H,27,32). The number of hydrogen-bond donors (Lipinski definition) is 2. The average Bonchev–Trinajstić information content (AvgIpc) is 3.59. The molecule has 1 amide bonds. The second kappa shape index (κ2) is 8.83. The Morgan fingerprint density at radius 3 is 2.43 bits per heavy atom. The molecule has 1 aliphatic carbocycles. The van der Waals surface area contributed by atoms with Crippen LogP contribution in [0.5, 0.6) is 11.8 Å². The first kappa shape index (κ1) is 24.4. The summed E-state index contributed by atoms with van der Waals surface area (Å²) in [5.41, 5.74) is -2.22. The number of aromatic nitrogens is 4. The van der Waals surface area contributed by atoms with Gasteiger partial charge in [-0.3, -0.25) is 4.79 Å². The van der Waals surface area contributed by atoms with Crippen molar-refractivity contribution < 1.29 is 31.3 Å². The van der Waals surface area contributed by atoms with Gasteiger partial charge in [0, 0.05) is 28.8 Å². The van der Waals surface area contributed by atoms with Crippen LogP contribution in [0.4, 0.5) is 23.2 Å². The zero-order chi connectivity index (χ0) is 25.5. The Balaban J connectivity index is 1.73. The molecule has 1 atom stereocenters. The van der Waals surface area contributed by atoms with E-state index in [0.717, 1.165) is 25.8 Å². The van der Waals surface area contributed by atoms with Gasteiger partial charge in [-0.25, -0.2) is 13.4 Å². The van der Waals surface area contributed by atoms with Crippen LogP contribution < -0.4 is 10.1 Å². The van der Waals surface area contributed by atoms with Crippen LogP contribution in [0.15, 0.2) is 35.2 Å². The fourth-order valence-corrected chi connectivity index (χ4v) is 3.92. The van der Waals surface area contributed by atoms with Gasteiger partial charge in [-0.2, -0.15) is 18.3 Å². The van der Waals surface area contributed by atoms with Gasteiger partial charge in [0.15, 0.2) is 11.5 Å². The zero-order valence-electron chi connectivity index (χ0n) is 18.3. The highest BCUT2D eigenvalue weighted by atomic mass is 32.2. The largest absolute Gasteiger partial charge is 0.435 e. The molecule has 0 saturated heterocycles. The molecule has 3 aromatic rings. The number of carbonyl (C=O) groups is 1. The molecular formula is C21H18F4N6O3S. The van der Waals surface area contributed by atoms with Crippen molar-refractivity contribution in [3.8, 4) is 11.8 Å². The van der Waals surface area contributed by atoms with E-state index in [1.165, 1.54) is 30.5 Å². The quantitative estimate of drug-likeness (QED) is 0.460. The van der Waals surface area contributed by atoms with Crippen molar-refractivity contribution in [3.05, 3.63) is 58.7 Å². The van der Waals surface area contributed by atoms with E-state index in [2.05, 4.69) is 25.7 Å². The number of nitrogens with zero attached hydrogens (tertiary/aromatic N) is 4. The lowest BCUT2D eigenvalue weighted by atomic mass is 10.1. The van der Waals surface area contributed by atoms with Crippen molar-refractivity contribution in [1.29, 1.82) is 4.78 Å². The van der Waals surface area contributed by atoms with Crippen LogP contribution in [0.2, 0.25) is 0 Å². The lowest BCUT2D eigenvalue weighted by molar-refractivity contribution is -0.142. The maximum Gasteiger partial charge on any atom is 0.435 e. The van der Waals surface area contributed by atoms with E-state index < -0.39 is 56.2 Å². The van der Waals surface area contributed by atoms with Crippen LogP contribution in [0.25, 0.3) is 0 Å². The molecular weight excluding hydrogens is 492 g/mol. The van der Waals surface area contributed by atoms with E-state index in [4.69, 9.17) is 9.52 Å². The molecule has 0 radical (unpaired) electrons. The van der Waals surface area contributed by atoms with E-state index in [-0.39, 0.29) is 16.5 Å². The summed E-state index contributed by atoms with van der Waals surface area (Å²) in [5.74, 6) is -3.30. The number of benzene rings is 1. The molecule has 0 spiro atoms. The number of hydrogen-bond acceptors (Lipinski definition) is 8. The minimum absolute atomic E-state index is 0.0600. The van der Waals surface area contributed by atoms with Gasteiger partial charge in [0.05, 0.1) is 15.4 Å². The van der Waals surface area contributed by atoms with E-state index in [1.807, 2.05) is 0 Å². The van der Waals surface area contributed by atoms with Gasteiger partial charge < -0.3 is 10.1 Å². The number of ether oxygens (including phenoxy) is 1. The van der Waals surface area contributed by atoms with Crippen molar-refractivity contribution in [1.82, 2.24) is 20.4 Å². The summed E-state index contributed by atoms with van der Waals surface area (Å²) in [6.07, 6.45) is -2.07. The van der Waals surface area contributed by atoms with Gasteiger partial charge in [-0.15, -0.1) is 15.3 Å². The van der Waals surface area contributed by atoms with Crippen molar-refractivity contribution in [2.45, 2.75) is 36.8 Å². The number of alkyl halides is 3. The highest BCUT2D eigenvalue weighted by molar-refractivity contribution is 7.91. The van der Waals surface area contributed by atoms with Crippen LogP contribution >= 0.6 is 0 Å². The molecule has 4 rings (SSSR count). The molecule has 35 heavy (non-hydrogen) atoms. The van der Waals surface area contributed by atoms with Gasteiger partial charge in [0.25, 0.3) is 17.7 Å². The van der Waals surface area contributed by atoms with Crippen molar-refractivity contribution in [3.63, 3.8) is 0 Å². The predicted molar refractivity (Wildman–Crippen MR) is 115 cm³/mol. The highest BCUT2D eigenvalue weighted by Crippen LogP contribution is 2.40. The average molecular weight is 510 g/mol. The topological polar surface area (TPSA) is 131 Å². The van der Waals surface area contributed by atoms with Gasteiger partial charge in [-0.05, 0) is 43.5 Å². The summed E-state index contributed by atoms with van der Waals surface area (Å²) >= 11 is 0. The molecule has 0 bridgehead atoms. The summed E-state index contributed by atoms with van der Waals surface area (Å²) in [4.78, 5) is 13.1. The number of rotatable bonds is 6. The summed E-state index contributed by atoms with van der Waals surface area (Å²) in [6, 6.07) is 6.59. The first-order valence-electron chi connectivity index (χ1n) is 10.1. The second-order valence-electron chi connectivity index (χ2n) is 7.98. The smallest absolute Gasteiger partial charge is 0.414 e. The molecule has 1 unspecified atom stereocenters. The minimum Gasteiger partial charge on any atom is -0.414 e. The summed E-state index contributed by atoms with van der Waals surface area (Å²) in [5, 5.41) is 16.4. The Hall–Kier alpha value is -3.68. The van der Waals surface area contributed by atoms with Crippen molar-refractivity contribution >= 4 is 21.3 Å². The Morgan fingerprint density at radius 1 is 1.14 bits per heavy atom. The third-order valence-electron chi connectivity index (χ3n) is 5.15. The fourth-order valence-electron chi connectivity index (χ4n) is 3.23. The summed E-state index contributed by atoms with van der Waals surface area (Å²) < 4.78 is 79.8. The number of anilines is 1. The van der Waals surface area contributed by atoms with E-state index in [0.29, 0.717) is 5.69 Å². The molecule has 1 fully saturated rings. The second-order valence-corrected chi connectivity index (χ2v) is 10.1. The summed E-state index contributed by atoms with van der Waals surface area (Å²) in [7, 11) is -3.12. The maximum absolute atomic E-state index is 14.5. The first-order valence-corrected chi connectivity index (χ1v) is 12.1. The van der Waals surface area contributed by atoms with E-state index >= 15 is 0 Å². The molecule has 184 valence electrons. The van der Waals surface area contributed by atoms with Gasteiger partial charge in [-0.1, -0.05) is 6.07 Å². The Bertz CT molecular complexity index is 1430. The molecule has 1 aliphatic rings. The lowest BCUT2D eigenvalue weighted by Gasteiger charge is -2.16. The Morgan fingerprint density at radius 2 is 1.83 bits per heavy atom. The lowest BCUT2D eigenvalue weighted by Crippen LogP contribution is -2.21. The third kappa shape index (κ3) is 5.37. The van der Waals surface area contributed by atoms with Crippen LogP contribution in [-0.2, 0) is 15.9 Å². The van der Waals surface area contributed by atoms with E-state index in [9.17, 15) is 26.6 Å². The van der Waals surface area contributed by atoms with Crippen LogP contribution in [0, 0.1) is 17.5 Å². The maximum atomic E-state index is 14.5. The number of carbonyl (C=O) groups excluding carboxylic acids is 1. The zero-order valence-corrected chi connectivity index (χ0v) is 19.1. The van der Waals surface area contributed by atoms with E-state index in [1.54, 1.807) is 0 Å². The molecule has 2 heterocycles. The monoisotopic (exact) mass is 510 g/mol. The van der Waals surface area contributed by atoms with Crippen LogP contribution in [0.3, 0.4) is 0 Å². The fraction of sp³-hybridized carbons (Fsp3) is 0.286. The van der Waals surface area contributed by atoms with Gasteiger partial charge >= 0.3 is 6.18 Å². The molecule has 1 saturated carbocycles. The normalized spacial score (nSPS) is 15.4. The van der Waals surface area contributed by atoms with Crippen LogP contribution in [0.1, 0.15) is 46.1 Å². The summed E-state index contributed by atoms with van der Waals surface area (Å²) in [6.45, 7) is 0.997. The number of amides is 1. The minimum atomic E-state index is -4.93. The molecule has 1 aromatic carbocycles. The Kier molecular flexibility index (Phi) is 6.17. The van der Waals surface area contributed by atoms with Crippen LogP contribution in [-0.4, -0.2) is 36.8 Å². The molecule has 9 nitrogen and oxygen atoms in total. The SMILES string of the molecule is Cc1c(C(F)(F)F)nnc(Oc2nnc(C3CC3)cc2F)c1C(=O)Nc1cccc(S(C)(=N)=O)c1. The Labute approximate surface area is 196 Å². The molecule has 2 N–H and O–H groups in total. The molecule has 14 heteroatoms.